The lowest BCUT2D eigenvalue weighted by Gasteiger charge is -2.21. The van der Waals surface area contributed by atoms with Crippen LogP contribution >= 0.6 is 24.0 Å². The third-order valence-corrected chi connectivity index (χ3v) is 5.88. The first kappa shape index (κ1) is 17.7. The zero-order chi connectivity index (χ0) is 14.2. The summed E-state index contributed by atoms with van der Waals surface area (Å²) >= 11 is 5.88. The van der Waals surface area contributed by atoms with Crippen LogP contribution in [-0.4, -0.2) is 31.9 Å². The van der Waals surface area contributed by atoms with Gasteiger partial charge in [-0.3, -0.25) is 0 Å². The summed E-state index contributed by atoms with van der Waals surface area (Å²) in [4.78, 5) is -0.182. The molecule has 2 N–H and O–H groups in total. The second-order valence-electron chi connectivity index (χ2n) is 4.84. The highest BCUT2D eigenvalue weighted by molar-refractivity contribution is 7.89. The second kappa shape index (κ2) is 6.58. The van der Waals surface area contributed by atoms with Crippen molar-refractivity contribution in [1.29, 1.82) is 0 Å². The fraction of sp³-hybridized carbons (Fsp3) is 0.500. The Morgan fingerprint density at radius 1 is 1.50 bits per heavy atom. The lowest BCUT2D eigenvalue weighted by Crippen LogP contribution is -2.34. The minimum absolute atomic E-state index is 0. The first-order chi connectivity index (χ1) is 8.86. The molecule has 0 bridgehead atoms. The van der Waals surface area contributed by atoms with Gasteiger partial charge in [0.1, 0.15) is 10.7 Å². The van der Waals surface area contributed by atoms with Gasteiger partial charge in [0.05, 0.1) is 5.02 Å². The molecule has 1 heterocycles. The maximum atomic E-state index is 13.2. The summed E-state index contributed by atoms with van der Waals surface area (Å²) in [6.45, 7) is 2.61. The number of benzene rings is 1. The lowest BCUT2D eigenvalue weighted by molar-refractivity contribution is 0.404. The lowest BCUT2D eigenvalue weighted by atomic mass is 10.1. The maximum Gasteiger partial charge on any atom is 0.244 e. The predicted octanol–water partition coefficient (Wildman–Crippen LogP) is 2.26. The molecule has 0 spiro atoms. The molecule has 0 saturated carbocycles. The molecule has 1 fully saturated rings. The van der Waals surface area contributed by atoms with Gasteiger partial charge in [0.25, 0.3) is 0 Å². The molecule has 2 rings (SSSR count). The smallest absolute Gasteiger partial charge is 0.244 e. The molecule has 1 aliphatic rings. The Hall–Kier alpha value is -0.400. The highest BCUT2D eigenvalue weighted by atomic mass is 35.5. The van der Waals surface area contributed by atoms with Crippen LogP contribution in [-0.2, 0) is 10.0 Å². The normalized spacial score (nSPS) is 23.6. The average Bonchev–Trinajstić information content (AvgIpc) is 2.74. The Kier molecular flexibility index (Phi) is 5.80. The molecule has 20 heavy (non-hydrogen) atoms. The van der Waals surface area contributed by atoms with E-state index >= 15 is 0 Å². The van der Waals surface area contributed by atoms with E-state index in [-0.39, 0.29) is 34.3 Å². The third-order valence-electron chi connectivity index (χ3n) is 3.42. The number of nitrogens with zero attached hydrogens (tertiary/aromatic N) is 1. The highest BCUT2D eigenvalue weighted by Crippen LogP contribution is 2.32. The molecule has 1 aromatic carbocycles. The van der Waals surface area contributed by atoms with Crippen LogP contribution in [0.1, 0.15) is 13.3 Å². The Morgan fingerprint density at radius 2 is 2.15 bits per heavy atom. The molecule has 2 atom stereocenters. The van der Waals surface area contributed by atoms with E-state index in [9.17, 15) is 12.8 Å². The van der Waals surface area contributed by atoms with Crippen LogP contribution in [0.5, 0.6) is 0 Å². The van der Waals surface area contributed by atoms with Crippen molar-refractivity contribution in [2.24, 2.45) is 11.7 Å². The molecule has 1 saturated heterocycles. The summed E-state index contributed by atoms with van der Waals surface area (Å²) in [5.74, 6) is -0.484. The minimum atomic E-state index is -3.78. The first-order valence-electron chi connectivity index (χ1n) is 6.03. The Bertz CT molecular complexity index is 583. The van der Waals surface area contributed by atoms with Crippen molar-refractivity contribution in [2.75, 3.05) is 13.1 Å². The maximum absolute atomic E-state index is 13.2. The SMILES string of the molecule is CC1CC(CN)CN1S(=O)(=O)c1cc(F)ccc1Cl.Cl. The van der Waals surface area contributed by atoms with Crippen molar-refractivity contribution in [1.82, 2.24) is 4.31 Å². The second-order valence-corrected chi connectivity index (χ2v) is 7.10. The monoisotopic (exact) mass is 342 g/mol. The van der Waals surface area contributed by atoms with E-state index in [2.05, 4.69) is 0 Å². The highest BCUT2D eigenvalue weighted by Gasteiger charge is 2.38. The van der Waals surface area contributed by atoms with Crippen LogP contribution in [0, 0.1) is 11.7 Å². The molecular weight excluding hydrogens is 326 g/mol. The number of hydrogen-bond donors (Lipinski definition) is 1. The summed E-state index contributed by atoms with van der Waals surface area (Å²) in [5, 5.41) is 0.0322. The van der Waals surface area contributed by atoms with Gasteiger partial charge < -0.3 is 5.73 Å². The third kappa shape index (κ3) is 3.26. The molecule has 2 unspecified atom stereocenters. The van der Waals surface area contributed by atoms with E-state index in [0.717, 1.165) is 12.1 Å². The molecule has 114 valence electrons. The van der Waals surface area contributed by atoms with Crippen molar-refractivity contribution in [3.05, 3.63) is 29.0 Å². The van der Waals surface area contributed by atoms with E-state index in [1.165, 1.54) is 10.4 Å². The van der Waals surface area contributed by atoms with Crippen LogP contribution in [0.3, 0.4) is 0 Å². The largest absolute Gasteiger partial charge is 0.330 e. The zero-order valence-corrected chi connectivity index (χ0v) is 13.3. The van der Waals surface area contributed by atoms with Gasteiger partial charge in [0.15, 0.2) is 0 Å². The van der Waals surface area contributed by atoms with Crippen molar-refractivity contribution >= 4 is 34.0 Å². The van der Waals surface area contributed by atoms with Crippen molar-refractivity contribution in [3.8, 4) is 0 Å². The zero-order valence-electron chi connectivity index (χ0n) is 10.9. The van der Waals surface area contributed by atoms with Crippen LogP contribution in [0.2, 0.25) is 5.02 Å². The van der Waals surface area contributed by atoms with Crippen molar-refractivity contribution < 1.29 is 12.8 Å². The predicted molar refractivity (Wildman–Crippen MR) is 79.2 cm³/mol. The molecule has 0 aromatic heterocycles. The summed E-state index contributed by atoms with van der Waals surface area (Å²) in [6, 6.07) is 3.19. The molecule has 0 aliphatic carbocycles. The van der Waals surface area contributed by atoms with Gasteiger partial charge in [0.2, 0.25) is 10.0 Å². The average molecular weight is 343 g/mol. The van der Waals surface area contributed by atoms with E-state index in [0.29, 0.717) is 19.5 Å². The van der Waals surface area contributed by atoms with E-state index in [1.807, 2.05) is 6.92 Å². The van der Waals surface area contributed by atoms with Crippen LogP contribution in [0.25, 0.3) is 0 Å². The number of hydrogen-bond acceptors (Lipinski definition) is 3. The van der Waals surface area contributed by atoms with Gasteiger partial charge in [-0.25, -0.2) is 12.8 Å². The molecule has 1 aromatic rings. The first-order valence-corrected chi connectivity index (χ1v) is 7.85. The Morgan fingerprint density at radius 3 is 2.70 bits per heavy atom. The fourth-order valence-corrected chi connectivity index (χ4v) is 4.62. The number of nitrogens with two attached hydrogens (primary N) is 1. The summed E-state index contributed by atoms with van der Waals surface area (Å²) < 4.78 is 39.6. The van der Waals surface area contributed by atoms with E-state index in [1.54, 1.807) is 0 Å². The fourth-order valence-electron chi connectivity index (χ4n) is 2.42. The Labute approximate surface area is 129 Å². The van der Waals surface area contributed by atoms with E-state index in [4.69, 9.17) is 17.3 Å². The number of sulfonamides is 1. The van der Waals surface area contributed by atoms with Gasteiger partial charge in [0, 0.05) is 12.6 Å². The molecule has 8 heteroatoms. The van der Waals surface area contributed by atoms with Gasteiger partial charge >= 0.3 is 0 Å². The number of halogens is 3. The topological polar surface area (TPSA) is 63.4 Å². The van der Waals surface area contributed by atoms with Crippen molar-refractivity contribution in [3.63, 3.8) is 0 Å². The summed E-state index contributed by atoms with van der Waals surface area (Å²) in [5.41, 5.74) is 5.59. The van der Waals surface area contributed by atoms with Gasteiger partial charge in [-0.05, 0) is 44.0 Å². The minimum Gasteiger partial charge on any atom is -0.330 e. The molecule has 4 nitrogen and oxygen atoms in total. The van der Waals surface area contributed by atoms with Gasteiger partial charge in [-0.2, -0.15) is 4.31 Å². The standard InChI is InChI=1S/C12H16ClFN2O2S.ClH/c1-8-4-9(6-15)7-16(8)19(17,18)12-5-10(14)2-3-11(12)13;/h2-3,5,8-9H,4,6-7,15H2,1H3;1H. The number of rotatable bonds is 3. The molecule has 0 radical (unpaired) electrons. The van der Waals surface area contributed by atoms with Crippen LogP contribution < -0.4 is 5.73 Å². The summed E-state index contributed by atoms with van der Waals surface area (Å²) in [6.07, 6.45) is 0.711. The molecule has 1 aliphatic heterocycles. The Balaban J connectivity index is 0.00000200. The molecular formula is C12H17Cl2FN2O2S. The quantitative estimate of drug-likeness (QED) is 0.916. The van der Waals surface area contributed by atoms with Crippen LogP contribution in [0.4, 0.5) is 4.39 Å². The van der Waals surface area contributed by atoms with Gasteiger partial charge in [-0.15, -0.1) is 12.4 Å². The molecule has 0 amide bonds. The summed E-state index contributed by atoms with van der Waals surface area (Å²) in [7, 11) is -3.78. The van der Waals surface area contributed by atoms with Gasteiger partial charge in [-0.1, -0.05) is 11.6 Å². The van der Waals surface area contributed by atoms with Crippen LogP contribution in [0.15, 0.2) is 23.1 Å². The van der Waals surface area contributed by atoms with E-state index < -0.39 is 15.8 Å². The van der Waals surface area contributed by atoms with Crippen molar-refractivity contribution in [2.45, 2.75) is 24.3 Å².